The normalized spacial score (nSPS) is 41.2. The van der Waals surface area contributed by atoms with Gasteiger partial charge in [0.2, 0.25) is 0 Å². The van der Waals surface area contributed by atoms with Gasteiger partial charge in [-0.25, -0.2) is 0 Å². The second kappa shape index (κ2) is 5.92. The van der Waals surface area contributed by atoms with Crippen molar-refractivity contribution < 1.29 is 0 Å². The molecule has 0 aromatic rings. The van der Waals surface area contributed by atoms with Crippen LogP contribution in [0.4, 0.5) is 0 Å². The molecule has 2 heteroatoms. The molecule has 3 saturated heterocycles. The lowest BCUT2D eigenvalue weighted by Gasteiger charge is -2.37. The summed E-state index contributed by atoms with van der Waals surface area (Å²) in [5.74, 6) is 1.02. The maximum atomic E-state index is 3.76. The fraction of sp³-hybridized carbons (Fsp3) is 1.00. The molecule has 0 amide bonds. The standard InChI is InChI=1S/C16H30N2/c1-2-16-5-3-4-9-18(16)10-8-13-11-14-6-7-15(12-13)17-14/h13-17H,2-12H2,1H3. The van der Waals surface area contributed by atoms with E-state index in [4.69, 9.17) is 0 Å². The SMILES string of the molecule is CCC1CCCCN1CCC1CC2CCC(C1)N2. The highest BCUT2D eigenvalue weighted by atomic mass is 15.2. The van der Waals surface area contributed by atoms with E-state index in [1.807, 2.05) is 0 Å². The summed E-state index contributed by atoms with van der Waals surface area (Å²) in [7, 11) is 0. The van der Waals surface area contributed by atoms with Crippen molar-refractivity contribution in [2.45, 2.75) is 82.8 Å². The minimum Gasteiger partial charge on any atom is -0.311 e. The van der Waals surface area contributed by atoms with E-state index in [-0.39, 0.29) is 0 Å². The topological polar surface area (TPSA) is 15.3 Å². The lowest BCUT2D eigenvalue weighted by atomic mass is 9.89. The van der Waals surface area contributed by atoms with Crippen LogP contribution < -0.4 is 5.32 Å². The molecule has 3 aliphatic rings. The number of hydrogen-bond donors (Lipinski definition) is 1. The number of fused-ring (bicyclic) bond motifs is 2. The number of nitrogens with one attached hydrogen (secondary N) is 1. The Hall–Kier alpha value is -0.0800. The zero-order chi connectivity index (χ0) is 12.4. The first-order valence-corrected chi connectivity index (χ1v) is 8.35. The molecule has 3 rings (SSSR count). The van der Waals surface area contributed by atoms with Crippen molar-refractivity contribution >= 4 is 0 Å². The van der Waals surface area contributed by atoms with E-state index in [9.17, 15) is 0 Å². The Morgan fingerprint density at radius 1 is 1.06 bits per heavy atom. The molecule has 3 aliphatic heterocycles. The summed E-state index contributed by atoms with van der Waals surface area (Å²) >= 11 is 0. The lowest BCUT2D eigenvalue weighted by molar-refractivity contribution is 0.128. The van der Waals surface area contributed by atoms with E-state index >= 15 is 0 Å². The van der Waals surface area contributed by atoms with E-state index in [0.29, 0.717) is 0 Å². The number of piperidine rings is 2. The molecule has 0 aliphatic carbocycles. The maximum absolute atomic E-state index is 3.76. The summed E-state index contributed by atoms with van der Waals surface area (Å²) in [5.41, 5.74) is 0. The Morgan fingerprint density at radius 3 is 2.56 bits per heavy atom. The largest absolute Gasteiger partial charge is 0.311 e. The first kappa shape index (κ1) is 12.9. The van der Waals surface area contributed by atoms with Crippen molar-refractivity contribution in [3.05, 3.63) is 0 Å². The van der Waals surface area contributed by atoms with E-state index in [0.717, 1.165) is 24.0 Å². The van der Waals surface area contributed by atoms with Gasteiger partial charge in [0.15, 0.2) is 0 Å². The Labute approximate surface area is 113 Å². The van der Waals surface area contributed by atoms with Crippen LogP contribution in [0.5, 0.6) is 0 Å². The summed E-state index contributed by atoms with van der Waals surface area (Å²) in [6.07, 6.45) is 13.0. The van der Waals surface area contributed by atoms with Crippen LogP contribution >= 0.6 is 0 Å². The molecule has 1 N–H and O–H groups in total. The zero-order valence-corrected chi connectivity index (χ0v) is 12.0. The van der Waals surface area contributed by atoms with Crippen molar-refractivity contribution in [1.29, 1.82) is 0 Å². The highest BCUT2D eigenvalue weighted by Crippen LogP contribution is 2.33. The van der Waals surface area contributed by atoms with Crippen LogP contribution in [-0.2, 0) is 0 Å². The van der Waals surface area contributed by atoms with Gasteiger partial charge in [0, 0.05) is 18.1 Å². The van der Waals surface area contributed by atoms with Gasteiger partial charge in [-0.1, -0.05) is 13.3 Å². The van der Waals surface area contributed by atoms with Crippen molar-refractivity contribution in [1.82, 2.24) is 10.2 Å². The van der Waals surface area contributed by atoms with Crippen LogP contribution in [0, 0.1) is 5.92 Å². The summed E-state index contributed by atoms with van der Waals surface area (Å²) in [5, 5.41) is 3.76. The van der Waals surface area contributed by atoms with Gasteiger partial charge in [0.05, 0.1) is 0 Å². The van der Waals surface area contributed by atoms with Gasteiger partial charge in [-0.05, 0) is 70.4 Å². The average Bonchev–Trinajstić information content (AvgIpc) is 2.76. The third-order valence-electron chi connectivity index (χ3n) is 5.62. The molecule has 2 bridgehead atoms. The van der Waals surface area contributed by atoms with Crippen LogP contribution in [-0.4, -0.2) is 36.1 Å². The van der Waals surface area contributed by atoms with E-state index in [2.05, 4.69) is 17.1 Å². The van der Waals surface area contributed by atoms with Crippen LogP contribution in [0.15, 0.2) is 0 Å². The highest BCUT2D eigenvalue weighted by Gasteiger charge is 2.33. The molecular formula is C16H30N2. The summed E-state index contributed by atoms with van der Waals surface area (Å²) in [6.45, 7) is 5.12. The molecule has 3 unspecified atom stereocenters. The molecule has 0 aromatic carbocycles. The zero-order valence-electron chi connectivity index (χ0n) is 12.0. The third-order valence-corrected chi connectivity index (χ3v) is 5.62. The van der Waals surface area contributed by atoms with Crippen molar-refractivity contribution in [2.24, 2.45) is 5.92 Å². The van der Waals surface area contributed by atoms with Crippen LogP contribution in [0.1, 0.15) is 64.7 Å². The summed E-state index contributed by atoms with van der Waals surface area (Å²) < 4.78 is 0. The van der Waals surface area contributed by atoms with E-state index < -0.39 is 0 Å². The fourth-order valence-electron chi connectivity index (χ4n) is 4.58. The van der Waals surface area contributed by atoms with Gasteiger partial charge in [0.1, 0.15) is 0 Å². The average molecular weight is 250 g/mol. The van der Waals surface area contributed by atoms with Gasteiger partial charge < -0.3 is 10.2 Å². The quantitative estimate of drug-likeness (QED) is 0.824. The minimum absolute atomic E-state index is 0.872. The summed E-state index contributed by atoms with van der Waals surface area (Å²) in [4.78, 5) is 2.80. The van der Waals surface area contributed by atoms with Gasteiger partial charge in [0.25, 0.3) is 0 Å². The number of nitrogens with zero attached hydrogens (tertiary/aromatic N) is 1. The van der Waals surface area contributed by atoms with Crippen molar-refractivity contribution in [3.63, 3.8) is 0 Å². The second-order valence-corrected chi connectivity index (χ2v) is 6.86. The molecule has 0 saturated carbocycles. The van der Waals surface area contributed by atoms with Gasteiger partial charge in [-0.15, -0.1) is 0 Å². The van der Waals surface area contributed by atoms with Crippen molar-refractivity contribution in [2.75, 3.05) is 13.1 Å². The van der Waals surface area contributed by atoms with Gasteiger partial charge >= 0.3 is 0 Å². The predicted molar refractivity (Wildman–Crippen MR) is 76.8 cm³/mol. The predicted octanol–water partition coefficient (Wildman–Crippen LogP) is 3.17. The Morgan fingerprint density at radius 2 is 1.83 bits per heavy atom. The molecule has 3 fully saturated rings. The van der Waals surface area contributed by atoms with Gasteiger partial charge in [-0.3, -0.25) is 0 Å². The fourth-order valence-corrected chi connectivity index (χ4v) is 4.58. The first-order valence-electron chi connectivity index (χ1n) is 8.35. The number of likely N-dealkylation sites (tertiary alicyclic amines) is 1. The molecule has 0 spiro atoms. The molecule has 18 heavy (non-hydrogen) atoms. The van der Waals surface area contributed by atoms with Gasteiger partial charge in [-0.2, -0.15) is 0 Å². The van der Waals surface area contributed by atoms with E-state index in [1.54, 1.807) is 0 Å². The third kappa shape index (κ3) is 2.91. The Kier molecular flexibility index (Phi) is 4.25. The Balaban J connectivity index is 1.45. The van der Waals surface area contributed by atoms with E-state index in [1.165, 1.54) is 70.9 Å². The number of hydrogen-bond acceptors (Lipinski definition) is 2. The second-order valence-electron chi connectivity index (χ2n) is 6.86. The molecule has 0 radical (unpaired) electrons. The Bertz CT molecular complexity index is 254. The lowest BCUT2D eigenvalue weighted by Crippen LogP contribution is -2.42. The minimum atomic E-state index is 0.872. The highest BCUT2D eigenvalue weighted by molar-refractivity contribution is 4.92. The van der Waals surface area contributed by atoms with Crippen LogP contribution in [0.3, 0.4) is 0 Å². The molecule has 3 atom stereocenters. The molecule has 3 heterocycles. The maximum Gasteiger partial charge on any atom is 0.00926 e. The smallest absolute Gasteiger partial charge is 0.00926 e. The molecular weight excluding hydrogens is 220 g/mol. The molecule has 104 valence electrons. The number of rotatable bonds is 4. The molecule has 2 nitrogen and oxygen atoms in total. The van der Waals surface area contributed by atoms with Crippen LogP contribution in [0.25, 0.3) is 0 Å². The monoisotopic (exact) mass is 250 g/mol. The molecule has 0 aromatic heterocycles. The van der Waals surface area contributed by atoms with Crippen LogP contribution in [0.2, 0.25) is 0 Å². The van der Waals surface area contributed by atoms with Crippen molar-refractivity contribution in [3.8, 4) is 0 Å². The summed E-state index contributed by atoms with van der Waals surface area (Å²) in [6, 6.07) is 2.64. The first-order chi connectivity index (χ1) is 8.85.